The predicted molar refractivity (Wildman–Crippen MR) is 131 cm³/mol. The maximum absolute atomic E-state index is 13.6. The largest absolute Gasteiger partial charge is 0.280 e. The summed E-state index contributed by atoms with van der Waals surface area (Å²) in [7, 11) is 0. The normalized spacial score (nSPS) is 13.5. The third-order valence-corrected chi connectivity index (χ3v) is 6.92. The van der Waals surface area contributed by atoms with Crippen molar-refractivity contribution in [2.75, 3.05) is 5.01 Å². The van der Waals surface area contributed by atoms with E-state index in [2.05, 4.69) is 32.1 Å². The van der Waals surface area contributed by atoms with E-state index in [0.717, 1.165) is 33.1 Å². The molecule has 1 aliphatic rings. The Hall–Kier alpha value is -2.83. The zero-order valence-corrected chi connectivity index (χ0v) is 19.2. The van der Waals surface area contributed by atoms with Gasteiger partial charge in [0, 0.05) is 10.0 Å². The number of thiazole rings is 1. The van der Waals surface area contributed by atoms with Gasteiger partial charge in [-0.05, 0) is 72.7 Å². The van der Waals surface area contributed by atoms with Gasteiger partial charge in [0.2, 0.25) is 5.13 Å². The minimum atomic E-state index is -0.168. The molecule has 4 aromatic rings. The number of carbonyl (C=O) groups is 1. The molecule has 0 saturated carbocycles. The van der Waals surface area contributed by atoms with E-state index in [4.69, 9.17) is 0 Å². The van der Waals surface area contributed by atoms with E-state index in [1.807, 2.05) is 60.7 Å². The highest BCUT2D eigenvalue weighted by Gasteiger charge is 2.22. The first-order chi connectivity index (χ1) is 15.2. The smallest absolute Gasteiger partial charge is 0.267 e. The molecule has 154 valence electrons. The van der Waals surface area contributed by atoms with Crippen LogP contribution in [0.15, 0.2) is 76.3 Å². The maximum atomic E-state index is 13.6. The number of aryl methyl sites for hydroxylation is 2. The average Bonchev–Trinajstić information content (AvgIpc) is 3.22. The summed E-state index contributed by atoms with van der Waals surface area (Å²) in [6.07, 6.45) is 6.21. The first-order valence-corrected chi connectivity index (χ1v) is 11.9. The summed E-state index contributed by atoms with van der Waals surface area (Å²) in [6.45, 7) is 0. The van der Waals surface area contributed by atoms with E-state index in [1.165, 1.54) is 40.3 Å². The molecular formula is C25H20BrN3OS. The first-order valence-electron chi connectivity index (χ1n) is 10.3. The Kier molecular flexibility index (Phi) is 5.66. The Labute approximate surface area is 193 Å². The van der Waals surface area contributed by atoms with Crippen molar-refractivity contribution >= 4 is 54.7 Å². The fourth-order valence-electron chi connectivity index (χ4n) is 3.82. The summed E-state index contributed by atoms with van der Waals surface area (Å²) in [4.78, 5) is 18.3. The fraction of sp³-hybridized carbons (Fsp3) is 0.160. The molecule has 0 saturated heterocycles. The van der Waals surface area contributed by atoms with Crippen LogP contribution in [-0.4, -0.2) is 17.1 Å². The summed E-state index contributed by atoms with van der Waals surface area (Å²) < 4.78 is 1.98. The van der Waals surface area contributed by atoms with Crippen LogP contribution < -0.4 is 5.01 Å². The van der Waals surface area contributed by atoms with Gasteiger partial charge < -0.3 is 0 Å². The Bertz CT molecular complexity index is 1280. The number of hydrogen-bond donors (Lipinski definition) is 0. The van der Waals surface area contributed by atoms with E-state index in [9.17, 15) is 4.79 Å². The summed E-state index contributed by atoms with van der Waals surface area (Å²) in [5.74, 6) is -0.168. The zero-order chi connectivity index (χ0) is 21.2. The van der Waals surface area contributed by atoms with Crippen LogP contribution in [0.5, 0.6) is 0 Å². The number of aromatic nitrogens is 1. The molecule has 31 heavy (non-hydrogen) atoms. The van der Waals surface area contributed by atoms with Crippen molar-refractivity contribution in [1.82, 2.24) is 4.98 Å². The molecule has 1 aliphatic carbocycles. The Morgan fingerprint density at radius 3 is 2.65 bits per heavy atom. The first kappa shape index (κ1) is 20.1. The lowest BCUT2D eigenvalue weighted by Gasteiger charge is -2.18. The van der Waals surface area contributed by atoms with Crippen molar-refractivity contribution in [2.45, 2.75) is 25.7 Å². The minimum Gasteiger partial charge on any atom is -0.267 e. The second kappa shape index (κ2) is 8.73. The number of rotatable bonds is 4. The van der Waals surface area contributed by atoms with Gasteiger partial charge in [0.15, 0.2) is 0 Å². The molecule has 0 aliphatic heterocycles. The van der Waals surface area contributed by atoms with Crippen LogP contribution in [0.2, 0.25) is 0 Å². The van der Waals surface area contributed by atoms with Crippen LogP contribution in [-0.2, 0) is 12.8 Å². The molecular weight excluding hydrogens is 470 g/mol. The molecule has 0 fully saturated rings. The second-order valence-corrected chi connectivity index (χ2v) is 9.50. The minimum absolute atomic E-state index is 0.168. The number of fused-ring (bicyclic) bond motifs is 2. The fourth-order valence-corrected chi connectivity index (χ4v) is 5.29. The van der Waals surface area contributed by atoms with Gasteiger partial charge in [0.25, 0.3) is 5.91 Å². The zero-order valence-electron chi connectivity index (χ0n) is 16.8. The third kappa shape index (κ3) is 4.31. The van der Waals surface area contributed by atoms with E-state index in [1.54, 1.807) is 6.21 Å². The second-order valence-electron chi connectivity index (χ2n) is 7.57. The van der Waals surface area contributed by atoms with Crippen molar-refractivity contribution in [2.24, 2.45) is 5.10 Å². The quantitative estimate of drug-likeness (QED) is 0.239. The van der Waals surface area contributed by atoms with Crippen LogP contribution in [0.25, 0.3) is 10.2 Å². The number of nitrogens with zero attached hydrogens (tertiary/aromatic N) is 3. The molecule has 0 spiro atoms. The van der Waals surface area contributed by atoms with Crippen LogP contribution in [0.1, 0.15) is 39.9 Å². The topological polar surface area (TPSA) is 45.6 Å². The van der Waals surface area contributed by atoms with Gasteiger partial charge in [-0.1, -0.05) is 63.7 Å². The summed E-state index contributed by atoms with van der Waals surface area (Å²) in [5.41, 5.74) is 5.05. The Morgan fingerprint density at radius 2 is 1.81 bits per heavy atom. The van der Waals surface area contributed by atoms with Crippen molar-refractivity contribution in [3.8, 4) is 0 Å². The molecule has 1 aromatic heterocycles. The van der Waals surface area contributed by atoms with Gasteiger partial charge in [0.1, 0.15) is 0 Å². The molecule has 5 rings (SSSR count). The third-order valence-electron chi connectivity index (χ3n) is 5.43. The van der Waals surface area contributed by atoms with Crippen LogP contribution in [0.3, 0.4) is 0 Å². The average molecular weight is 490 g/mol. The van der Waals surface area contributed by atoms with E-state index in [-0.39, 0.29) is 5.91 Å². The SMILES string of the molecule is O=C(c1ccc2c(c1)CCCC2)N(/N=C/c1ccccc1)c1nc2ccc(Br)cc2s1. The van der Waals surface area contributed by atoms with Crippen LogP contribution in [0, 0.1) is 0 Å². The highest BCUT2D eigenvalue weighted by Crippen LogP contribution is 2.32. The van der Waals surface area contributed by atoms with Crippen LogP contribution >= 0.6 is 27.3 Å². The monoisotopic (exact) mass is 489 g/mol. The highest BCUT2D eigenvalue weighted by molar-refractivity contribution is 9.10. The summed E-state index contributed by atoms with van der Waals surface area (Å²) in [6, 6.07) is 21.7. The van der Waals surface area contributed by atoms with E-state index in [0.29, 0.717) is 10.7 Å². The van der Waals surface area contributed by atoms with Gasteiger partial charge in [-0.2, -0.15) is 10.1 Å². The molecule has 0 bridgehead atoms. The molecule has 6 heteroatoms. The molecule has 4 nitrogen and oxygen atoms in total. The van der Waals surface area contributed by atoms with Gasteiger partial charge >= 0.3 is 0 Å². The van der Waals surface area contributed by atoms with Gasteiger partial charge in [-0.25, -0.2) is 4.98 Å². The van der Waals surface area contributed by atoms with E-state index < -0.39 is 0 Å². The standard InChI is InChI=1S/C25H20BrN3OS/c26-21-12-13-22-23(15-21)31-25(28-22)29(27-16-17-6-2-1-3-7-17)24(30)20-11-10-18-8-4-5-9-19(18)14-20/h1-3,6-7,10-16H,4-5,8-9H2/b27-16+. The van der Waals surface area contributed by atoms with Crippen LogP contribution in [0.4, 0.5) is 5.13 Å². The van der Waals surface area contributed by atoms with Gasteiger partial charge in [0.05, 0.1) is 16.4 Å². The summed E-state index contributed by atoms with van der Waals surface area (Å²) >= 11 is 4.97. The number of benzene rings is 3. The number of amides is 1. The molecule has 0 atom stereocenters. The number of halogens is 1. The number of carbonyl (C=O) groups excluding carboxylic acids is 1. The van der Waals surface area contributed by atoms with Crippen molar-refractivity contribution in [1.29, 1.82) is 0 Å². The summed E-state index contributed by atoms with van der Waals surface area (Å²) in [5, 5.41) is 6.55. The number of hydrazone groups is 1. The van der Waals surface area contributed by atoms with Gasteiger partial charge in [-0.3, -0.25) is 4.79 Å². The lowest BCUT2D eigenvalue weighted by atomic mass is 9.90. The Balaban J connectivity index is 1.55. The lowest BCUT2D eigenvalue weighted by Crippen LogP contribution is -2.26. The van der Waals surface area contributed by atoms with Gasteiger partial charge in [-0.15, -0.1) is 0 Å². The molecule has 0 unspecified atom stereocenters. The molecule has 0 radical (unpaired) electrons. The van der Waals surface area contributed by atoms with Crippen molar-refractivity contribution in [3.05, 3.63) is 93.5 Å². The number of anilines is 1. The predicted octanol–water partition coefficient (Wildman–Crippen LogP) is 6.62. The molecule has 3 aromatic carbocycles. The van der Waals surface area contributed by atoms with E-state index >= 15 is 0 Å². The maximum Gasteiger partial charge on any atom is 0.280 e. The molecule has 1 amide bonds. The van der Waals surface area contributed by atoms with Crippen molar-refractivity contribution < 1.29 is 4.79 Å². The highest BCUT2D eigenvalue weighted by atomic mass is 79.9. The molecule has 1 heterocycles. The Morgan fingerprint density at radius 1 is 1.00 bits per heavy atom. The van der Waals surface area contributed by atoms with Crippen molar-refractivity contribution in [3.63, 3.8) is 0 Å². The lowest BCUT2D eigenvalue weighted by molar-refractivity contribution is 0.0987. The number of hydrogen-bond acceptors (Lipinski definition) is 4. The molecule has 0 N–H and O–H groups in total.